The van der Waals surface area contributed by atoms with Crippen LogP contribution in [0.3, 0.4) is 0 Å². The molecule has 5 amide bonds. The van der Waals surface area contributed by atoms with Gasteiger partial charge in [-0.1, -0.05) is 6.58 Å². The lowest BCUT2D eigenvalue weighted by Crippen LogP contribution is -2.31. The molecule has 0 bridgehead atoms. The number of carbonyl (C=O) groups is 5. The van der Waals surface area contributed by atoms with E-state index >= 15 is 0 Å². The molecule has 0 spiro atoms. The number of halogens is 4. The van der Waals surface area contributed by atoms with Crippen molar-refractivity contribution < 1.29 is 51.1 Å². The number of hydrogen-bond acceptors (Lipinski definition) is 9. The van der Waals surface area contributed by atoms with Gasteiger partial charge in [-0.05, 0) is 26.6 Å². The minimum Gasteiger partial charge on any atom is -0.404 e. The van der Waals surface area contributed by atoms with Crippen LogP contribution in [0.25, 0.3) is 0 Å². The van der Waals surface area contributed by atoms with Crippen LogP contribution < -0.4 is 21.1 Å². The predicted octanol–water partition coefficient (Wildman–Crippen LogP) is 2.33. The highest BCUT2D eigenvalue weighted by atomic mass is 32.1. The largest absolute Gasteiger partial charge is 0.431 e. The van der Waals surface area contributed by atoms with Crippen LogP contribution in [-0.4, -0.2) is 74.3 Å². The number of hydrogen-bond donors (Lipinski definition) is 4. The molecule has 1 aromatic carbocycles. The van der Waals surface area contributed by atoms with Crippen molar-refractivity contribution in [3.8, 4) is 5.75 Å². The molecule has 12 nitrogen and oxygen atoms in total. The van der Waals surface area contributed by atoms with Crippen LogP contribution in [0, 0.1) is 30.2 Å². The van der Waals surface area contributed by atoms with E-state index in [0.717, 1.165) is 23.9 Å². The Morgan fingerprint density at radius 3 is 1.62 bits per heavy atom. The van der Waals surface area contributed by atoms with Gasteiger partial charge in [0.25, 0.3) is 17.7 Å². The van der Waals surface area contributed by atoms with E-state index in [9.17, 15) is 41.5 Å². The number of benzene rings is 1. The predicted molar refractivity (Wildman–Crippen MR) is 139 cm³/mol. The fourth-order valence-electron chi connectivity index (χ4n) is 2.30. The molecule has 17 heteroatoms. The number of amides is 5. The Kier molecular flexibility index (Phi) is 18.1. The number of carbonyl (C=O) groups excluding carboxylic acids is 5. The fraction of sp³-hybridized carbons (Fsp3) is 0.348. The maximum atomic E-state index is 13.1. The molecule has 0 aliphatic carbocycles. The molecule has 1 aromatic rings. The van der Waals surface area contributed by atoms with Gasteiger partial charge in [-0.25, -0.2) is 18.4 Å². The third-order valence-electron chi connectivity index (χ3n) is 4.39. The molecule has 224 valence electrons. The summed E-state index contributed by atoms with van der Waals surface area (Å²) in [6.07, 6.45) is 3.21. The molecule has 1 fully saturated rings. The first kappa shape index (κ1) is 38.0. The summed E-state index contributed by atoms with van der Waals surface area (Å²) in [7, 11) is 5.50. The first-order valence-electron chi connectivity index (χ1n) is 10.9. The standard InChI is InChI=1S/C9H7F4NO2.C7H10N2O3.C5H5NO2.CH5N.CH4S/c1-3-4(10)6(12)8(7(13)5(3)11)16-9(15)14-2;1-5-3-4-6(10)9(5)12-7(11)8-2;1-6-4(7)2-3-5(6)8;2*1-2/h1-2H3,(H,14,15);1,3-4H2,2H3,(H,8,11);2-3H,1H3;2H2,1H3;2H,1H3. The Bertz CT molecular complexity index is 1070. The molecule has 0 atom stereocenters. The van der Waals surface area contributed by atoms with Gasteiger partial charge in [0.2, 0.25) is 17.4 Å². The van der Waals surface area contributed by atoms with Crippen molar-refractivity contribution >= 4 is 42.5 Å². The normalized spacial score (nSPS) is 13.0. The fourth-order valence-corrected chi connectivity index (χ4v) is 2.30. The van der Waals surface area contributed by atoms with Gasteiger partial charge in [-0.3, -0.25) is 19.3 Å². The molecular formula is C23H31F4N5O7S. The maximum Gasteiger partial charge on any atom is 0.431 e. The highest BCUT2D eigenvalue weighted by Gasteiger charge is 2.28. The highest BCUT2D eigenvalue weighted by Crippen LogP contribution is 2.29. The summed E-state index contributed by atoms with van der Waals surface area (Å²) in [4.78, 5) is 58.8. The van der Waals surface area contributed by atoms with Gasteiger partial charge < -0.3 is 25.9 Å². The summed E-state index contributed by atoms with van der Waals surface area (Å²) in [5.41, 5.74) is 4.20. The van der Waals surface area contributed by atoms with E-state index in [4.69, 9.17) is 0 Å². The smallest absolute Gasteiger partial charge is 0.404 e. The number of nitrogens with two attached hydrogens (primary N) is 1. The van der Waals surface area contributed by atoms with Crippen LogP contribution in [0.1, 0.15) is 18.4 Å². The zero-order chi connectivity index (χ0) is 31.7. The minimum atomic E-state index is -1.75. The number of hydroxylamine groups is 2. The monoisotopic (exact) mass is 597 g/mol. The summed E-state index contributed by atoms with van der Waals surface area (Å²) in [6, 6.07) is 0. The molecule has 0 saturated carbocycles. The van der Waals surface area contributed by atoms with Crippen LogP contribution in [0.15, 0.2) is 24.4 Å². The average molecular weight is 598 g/mol. The summed E-state index contributed by atoms with van der Waals surface area (Å²) in [5.74, 6) is -8.82. The summed E-state index contributed by atoms with van der Waals surface area (Å²) in [5, 5.41) is 5.05. The second-order valence-corrected chi connectivity index (χ2v) is 6.80. The number of imide groups is 1. The summed E-state index contributed by atoms with van der Waals surface area (Å²) >= 11 is 3.53. The number of allylic oxidation sites excluding steroid dienone is 1. The van der Waals surface area contributed by atoms with Gasteiger partial charge in [0.1, 0.15) is 0 Å². The third kappa shape index (κ3) is 10.9. The van der Waals surface area contributed by atoms with E-state index in [1.165, 1.54) is 33.3 Å². The maximum absolute atomic E-state index is 13.1. The number of ether oxygens (including phenoxy) is 1. The lowest BCUT2D eigenvalue weighted by Gasteiger charge is -2.14. The van der Waals surface area contributed by atoms with Gasteiger partial charge in [0, 0.05) is 45.3 Å². The second kappa shape index (κ2) is 19.0. The average Bonchev–Trinajstić information content (AvgIpc) is 3.45. The number of thiol groups is 1. The van der Waals surface area contributed by atoms with E-state index in [1.807, 2.05) is 5.32 Å². The van der Waals surface area contributed by atoms with Crippen LogP contribution in [0.5, 0.6) is 5.75 Å². The van der Waals surface area contributed by atoms with E-state index in [-0.39, 0.29) is 17.7 Å². The van der Waals surface area contributed by atoms with Crippen molar-refractivity contribution in [3.63, 3.8) is 0 Å². The molecule has 3 rings (SSSR count). The number of likely N-dealkylation sites (N-methyl/N-ethyl adjacent to an activating group) is 1. The van der Waals surface area contributed by atoms with E-state index in [1.54, 1.807) is 6.26 Å². The molecule has 0 aromatic heterocycles. The van der Waals surface area contributed by atoms with Gasteiger partial charge in [-0.15, -0.1) is 5.06 Å². The van der Waals surface area contributed by atoms with Crippen molar-refractivity contribution in [1.82, 2.24) is 20.6 Å². The van der Waals surface area contributed by atoms with Crippen molar-refractivity contribution in [2.75, 3.05) is 34.4 Å². The molecule has 1 saturated heterocycles. The van der Waals surface area contributed by atoms with E-state index < -0.39 is 46.8 Å². The lowest BCUT2D eigenvalue weighted by atomic mass is 10.2. The zero-order valence-electron chi connectivity index (χ0n) is 22.6. The lowest BCUT2D eigenvalue weighted by molar-refractivity contribution is -0.151. The topological polar surface area (TPSA) is 160 Å². The first-order chi connectivity index (χ1) is 18.8. The zero-order valence-corrected chi connectivity index (χ0v) is 23.5. The van der Waals surface area contributed by atoms with Gasteiger partial charge in [0.15, 0.2) is 11.6 Å². The van der Waals surface area contributed by atoms with Gasteiger partial charge >= 0.3 is 12.2 Å². The van der Waals surface area contributed by atoms with E-state index in [0.29, 0.717) is 18.5 Å². The third-order valence-corrected chi connectivity index (χ3v) is 4.39. The van der Waals surface area contributed by atoms with Crippen LogP contribution >= 0.6 is 12.6 Å². The number of rotatable bonds is 2. The van der Waals surface area contributed by atoms with E-state index in [2.05, 4.69) is 39.8 Å². The van der Waals surface area contributed by atoms with Crippen molar-refractivity contribution in [1.29, 1.82) is 0 Å². The Balaban J connectivity index is 0. The summed E-state index contributed by atoms with van der Waals surface area (Å²) < 4.78 is 56.3. The molecule has 2 aliphatic heterocycles. The van der Waals surface area contributed by atoms with Crippen LogP contribution in [-0.2, 0) is 19.2 Å². The van der Waals surface area contributed by atoms with Gasteiger partial charge in [-0.2, -0.15) is 21.4 Å². The van der Waals surface area contributed by atoms with Crippen molar-refractivity contribution in [2.45, 2.75) is 19.8 Å². The van der Waals surface area contributed by atoms with Crippen LogP contribution in [0.2, 0.25) is 0 Å². The Labute approximate surface area is 233 Å². The number of nitrogens with one attached hydrogen (secondary N) is 2. The Morgan fingerprint density at radius 2 is 1.32 bits per heavy atom. The number of nitrogens with zero attached hydrogens (tertiary/aromatic N) is 2. The molecule has 40 heavy (non-hydrogen) atoms. The van der Waals surface area contributed by atoms with Crippen molar-refractivity contribution in [2.24, 2.45) is 5.73 Å². The highest BCUT2D eigenvalue weighted by molar-refractivity contribution is 7.79. The molecule has 2 heterocycles. The molecule has 4 N–H and O–H groups in total. The van der Waals surface area contributed by atoms with Gasteiger partial charge in [0.05, 0.1) is 5.70 Å². The second-order valence-electron chi connectivity index (χ2n) is 6.80. The van der Waals surface area contributed by atoms with Crippen LogP contribution in [0.4, 0.5) is 27.2 Å². The summed E-state index contributed by atoms with van der Waals surface area (Å²) in [6.45, 7) is 4.44. The first-order valence-corrected chi connectivity index (χ1v) is 11.8. The minimum absolute atomic E-state index is 0.233. The quantitative estimate of drug-likeness (QED) is 0.175. The molecule has 0 radical (unpaired) electrons. The van der Waals surface area contributed by atoms with Crippen molar-refractivity contribution in [3.05, 3.63) is 53.3 Å². The molecule has 2 aliphatic rings. The Morgan fingerprint density at radius 1 is 0.900 bits per heavy atom. The molecule has 0 unspecified atom stereocenters. The molecular weight excluding hydrogens is 566 g/mol. The Hall–Kier alpha value is -4.12. The SMILES string of the molecule is C=C1CCC(=O)N1OC(=O)NC.CN.CN1C(=O)C=CC1=O.CNC(=O)Oc1c(F)c(F)c(C)c(F)c1F.CS.